The molecule has 0 radical (unpaired) electrons. The Kier molecular flexibility index (Phi) is 5.81. The molecule has 22 heavy (non-hydrogen) atoms. The molecule has 0 amide bonds. The van der Waals surface area contributed by atoms with Gasteiger partial charge in [0.05, 0.1) is 12.7 Å². The van der Waals surface area contributed by atoms with E-state index in [0.717, 1.165) is 41.4 Å². The normalized spacial score (nSPS) is 18.2. The molecule has 1 aromatic heterocycles. The first-order valence-electron chi connectivity index (χ1n) is 7.74. The minimum atomic E-state index is -0.293. The van der Waals surface area contributed by atoms with Crippen molar-refractivity contribution in [2.24, 2.45) is 5.92 Å². The summed E-state index contributed by atoms with van der Waals surface area (Å²) in [6, 6.07) is 0. The summed E-state index contributed by atoms with van der Waals surface area (Å²) in [6.45, 7) is 8.29. The lowest BCUT2D eigenvalue weighted by atomic mass is 10.0. The van der Waals surface area contributed by atoms with Gasteiger partial charge in [-0.2, -0.15) is 0 Å². The van der Waals surface area contributed by atoms with Crippen LogP contribution in [0.5, 0.6) is 0 Å². The minimum Gasteiger partial charge on any atom is -0.465 e. The van der Waals surface area contributed by atoms with E-state index < -0.39 is 0 Å². The Hall–Kier alpha value is -1.14. The van der Waals surface area contributed by atoms with E-state index in [1.165, 1.54) is 13.5 Å². The van der Waals surface area contributed by atoms with Gasteiger partial charge in [-0.15, -0.1) is 11.3 Å². The molecular weight excluding hydrogens is 316 g/mol. The molecule has 1 atom stereocenters. The lowest BCUT2D eigenvalue weighted by Crippen LogP contribution is -2.41. The average Bonchev–Trinajstić information content (AvgIpc) is 2.81. The molecule has 0 aromatic carbocycles. The zero-order chi connectivity index (χ0) is 16.3. The number of nitrogens with zero attached hydrogens (tertiary/aromatic N) is 1. The van der Waals surface area contributed by atoms with Gasteiger partial charge in [-0.25, -0.2) is 4.79 Å². The van der Waals surface area contributed by atoms with Crippen LogP contribution in [0.2, 0.25) is 0 Å². The van der Waals surface area contributed by atoms with E-state index in [0.29, 0.717) is 16.6 Å². The van der Waals surface area contributed by atoms with Crippen LogP contribution in [0.3, 0.4) is 0 Å². The highest BCUT2D eigenvalue weighted by Crippen LogP contribution is 2.34. The van der Waals surface area contributed by atoms with Crippen LogP contribution in [0.15, 0.2) is 0 Å². The summed E-state index contributed by atoms with van der Waals surface area (Å²) >= 11 is 7.13. The number of hydrogen-bond donors (Lipinski definition) is 1. The Morgan fingerprint density at radius 1 is 1.55 bits per heavy atom. The zero-order valence-corrected chi connectivity index (χ0v) is 15.3. The molecule has 2 heterocycles. The third kappa shape index (κ3) is 3.60. The number of carbonyl (C=O) groups is 1. The van der Waals surface area contributed by atoms with Gasteiger partial charge < -0.3 is 15.0 Å². The first-order valence-corrected chi connectivity index (χ1v) is 8.96. The van der Waals surface area contributed by atoms with E-state index in [1.54, 1.807) is 11.3 Å². The van der Waals surface area contributed by atoms with Crippen molar-refractivity contribution in [3.63, 3.8) is 0 Å². The number of nitrogens with one attached hydrogen (secondary N) is 1. The van der Waals surface area contributed by atoms with E-state index in [2.05, 4.69) is 24.1 Å². The van der Waals surface area contributed by atoms with Crippen molar-refractivity contribution in [3.05, 3.63) is 16.0 Å². The van der Waals surface area contributed by atoms with Crippen LogP contribution in [-0.2, 0) is 11.2 Å². The topological polar surface area (TPSA) is 41.6 Å². The molecule has 1 aromatic rings. The Labute approximate surface area is 141 Å². The summed E-state index contributed by atoms with van der Waals surface area (Å²) < 4.78 is 4.95. The lowest BCUT2D eigenvalue weighted by molar-refractivity contribution is 0.0601. The monoisotopic (exact) mass is 340 g/mol. The molecule has 0 aliphatic carbocycles. The van der Waals surface area contributed by atoms with Crippen molar-refractivity contribution < 1.29 is 9.53 Å². The maximum absolute atomic E-state index is 12.1. The largest absolute Gasteiger partial charge is 0.465 e. The summed E-state index contributed by atoms with van der Waals surface area (Å²) in [5.74, 6) is 0.364. The number of thiocarbonyl (C=S) groups is 1. The molecule has 4 nitrogen and oxygen atoms in total. The minimum absolute atomic E-state index is 0.293. The Bertz CT molecular complexity index is 569. The summed E-state index contributed by atoms with van der Waals surface area (Å²) in [6.07, 6.45) is 3.23. The van der Waals surface area contributed by atoms with Crippen molar-refractivity contribution in [2.75, 3.05) is 25.5 Å². The highest BCUT2D eigenvalue weighted by Gasteiger charge is 2.24. The first-order chi connectivity index (χ1) is 10.5. The van der Waals surface area contributed by atoms with E-state index >= 15 is 0 Å². The number of esters is 1. The second kappa shape index (κ2) is 7.42. The van der Waals surface area contributed by atoms with Crippen LogP contribution in [0.25, 0.3) is 0 Å². The molecule has 1 fully saturated rings. The second-order valence-electron chi connectivity index (χ2n) is 5.81. The molecule has 1 saturated heterocycles. The van der Waals surface area contributed by atoms with Crippen LogP contribution in [0.1, 0.15) is 47.5 Å². The fourth-order valence-electron chi connectivity index (χ4n) is 2.96. The molecule has 6 heteroatoms. The Morgan fingerprint density at radius 2 is 2.27 bits per heavy atom. The van der Waals surface area contributed by atoms with E-state index in [9.17, 15) is 4.79 Å². The molecule has 1 N–H and O–H groups in total. The summed E-state index contributed by atoms with van der Waals surface area (Å²) in [5, 5.41) is 4.81. The smallest absolute Gasteiger partial charge is 0.341 e. The van der Waals surface area contributed by atoms with E-state index in [-0.39, 0.29) is 5.97 Å². The first kappa shape index (κ1) is 17.2. The number of carbonyl (C=O) groups excluding carboxylic acids is 1. The molecular formula is C16H24N2O2S2. The van der Waals surface area contributed by atoms with E-state index in [4.69, 9.17) is 17.0 Å². The van der Waals surface area contributed by atoms with E-state index in [1.807, 2.05) is 6.92 Å². The molecule has 0 unspecified atom stereocenters. The third-order valence-electron chi connectivity index (χ3n) is 4.12. The molecule has 0 saturated carbocycles. The van der Waals surface area contributed by atoms with Crippen molar-refractivity contribution >= 4 is 39.6 Å². The highest BCUT2D eigenvalue weighted by atomic mass is 32.1. The maximum atomic E-state index is 12.1. The van der Waals surface area contributed by atoms with Crippen molar-refractivity contribution in [3.8, 4) is 0 Å². The number of anilines is 1. The van der Waals surface area contributed by atoms with Gasteiger partial charge in [0.25, 0.3) is 0 Å². The fraction of sp³-hybridized carbons (Fsp3) is 0.625. The predicted octanol–water partition coefficient (Wildman–Crippen LogP) is 3.83. The molecule has 2 rings (SSSR count). The number of rotatable bonds is 3. The maximum Gasteiger partial charge on any atom is 0.341 e. The molecule has 0 spiro atoms. The molecule has 1 aliphatic heterocycles. The van der Waals surface area contributed by atoms with Crippen LogP contribution >= 0.6 is 23.6 Å². The Morgan fingerprint density at radius 3 is 2.86 bits per heavy atom. The van der Waals surface area contributed by atoms with Crippen LogP contribution in [0.4, 0.5) is 5.00 Å². The number of methoxy groups -OCH3 is 1. The zero-order valence-electron chi connectivity index (χ0n) is 13.7. The molecule has 0 bridgehead atoms. The number of thiophene rings is 1. The van der Waals surface area contributed by atoms with Crippen LogP contribution in [0, 0.1) is 12.8 Å². The number of hydrogen-bond acceptors (Lipinski definition) is 4. The van der Waals surface area contributed by atoms with Crippen molar-refractivity contribution in [1.29, 1.82) is 0 Å². The predicted molar refractivity (Wildman–Crippen MR) is 96.0 cm³/mol. The number of likely N-dealkylation sites (tertiary alicyclic amines) is 1. The molecule has 122 valence electrons. The highest BCUT2D eigenvalue weighted by molar-refractivity contribution is 7.80. The summed E-state index contributed by atoms with van der Waals surface area (Å²) in [5.41, 5.74) is 1.69. The Balaban J connectivity index is 2.21. The van der Waals surface area contributed by atoms with Gasteiger partial charge >= 0.3 is 5.97 Å². The third-order valence-corrected chi connectivity index (χ3v) is 5.54. The molecule has 1 aliphatic rings. The van der Waals surface area contributed by atoms with Gasteiger partial charge in [-0.3, -0.25) is 0 Å². The second-order valence-corrected chi connectivity index (χ2v) is 7.42. The number of ether oxygens (including phenoxy) is 1. The fourth-order valence-corrected chi connectivity index (χ4v) is 4.43. The number of aryl methyl sites for hydroxylation is 1. The lowest BCUT2D eigenvalue weighted by Gasteiger charge is -2.33. The van der Waals surface area contributed by atoms with Gasteiger partial charge in [0, 0.05) is 18.0 Å². The van der Waals surface area contributed by atoms with Crippen molar-refractivity contribution in [2.45, 2.75) is 40.0 Å². The van der Waals surface area contributed by atoms with Crippen LogP contribution in [-0.4, -0.2) is 36.2 Å². The van der Waals surface area contributed by atoms with Crippen LogP contribution < -0.4 is 5.32 Å². The summed E-state index contributed by atoms with van der Waals surface area (Å²) in [4.78, 5) is 15.5. The van der Waals surface area contributed by atoms with Gasteiger partial charge in [-0.1, -0.05) is 13.8 Å². The summed E-state index contributed by atoms with van der Waals surface area (Å²) in [7, 11) is 1.42. The van der Waals surface area contributed by atoms with Crippen molar-refractivity contribution in [1.82, 2.24) is 4.90 Å². The quantitative estimate of drug-likeness (QED) is 0.669. The SMILES string of the molecule is CCc1c(C)sc(NC(=S)N2CCC[C@@H](C)C2)c1C(=O)OC. The van der Waals surface area contributed by atoms with Gasteiger partial charge in [0.15, 0.2) is 5.11 Å². The number of piperidine rings is 1. The van der Waals surface area contributed by atoms with Gasteiger partial charge in [0.1, 0.15) is 5.00 Å². The van der Waals surface area contributed by atoms with Gasteiger partial charge in [-0.05, 0) is 49.9 Å². The average molecular weight is 341 g/mol. The standard InChI is InChI=1S/C16H24N2O2S2/c1-5-12-11(3)22-14(13(12)15(19)20-4)17-16(21)18-8-6-7-10(2)9-18/h10H,5-9H2,1-4H3,(H,17,21)/t10-/m1/s1. The van der Waals surface area contributed by atoms with Gasteiger partial charge in [0.2, 0.25) is 0 Å².